The molecule has 7 nitrogen and oxygen atoms in total. The van der Waals surface area contributed by atoms with Crippen molar-refractivity contribution in [2.45, 2.75) is 17.4 Å². The van der Waals surface area contributed by atoms with E-state index in [1.165, 1.54) is 18.9 Å². The lowest BCUT2D eigenvalue weighted by atomic mass is 10.1. The van der Waals surface area contributed by atoms with Gasteiger partial charge in [0.1, 0.15) is 21.6 Å². The van der Waals surface area contributed by atoms with E-state index in [1.54, 1.807) is 42.5 Å². The third kappa shape index (κ3) is 7.10. The largest absolute Gasteiger partial charge is 0.496 e. The van der Waals surface area contributed by atoms with Crippen LogP contribution in [0.1, 0.15) is 16.8 Å². The van der Waals surface area contributed by atoms with E-state index in [0.29, 0.717) is 11.4 Å². The summed E-state index contributed by atoms with van der Waals surface area (Å²) in [6, 6.07) is 12.8. The van der Waals surface area contributed by atoms with E-state index >= 15 is 0 Å². The lowest BCUT2D eigenvalue weighted by molar-refractivity contribution is -0.118. The molecule has 0 aliphatic heterocycles. The van der Waals surface area contributed by atoms with Crippen molar-refractivity contribution in [2.75, 3.05) is 30.7 Å². The summed E-state index contributed by atoms with van der Waals surface area (Å²) >= 11 is 1.53. The Bertz CT molecular complexity index is 976. The topological polar surface area (TPSA) is 102 Å². The summed E-state index contributed by atoms with van der Waals surface area (Å²) in [6.45, 7) is 0. The van der Waals surface area contributed by atoms with Crippen molar-refractivity contribution in [3.8, 4) is 5.75 Å². The number of para-hydroxylation sites is 1. The summed E-state index contributed by atoms with van der Waals surface area (Å²) in [5.74, 6) is -0.883. The molecule has 2 N–H and O–H groups in total. The van der Waals surface area contributed by atoms with Crippen LogP contribution in [0.2, 0.25) is 0 Å². The molecule has 2 amide bonds. The van der Waals surface area contributed by atoms with Gasteiger partial charge in [-0.2, -0.15) is 0 Å². The number of carbonyl (C=O) groups excluding carboxylic acids is 2. The smallest absolute Gasteiger partial charge is 0.255 e. The lowest BCUT2D eigenvalue weighted by Crippen LogP contribution is -2.44. The molecule has 0 spiro atoms. The quantitative estimate of drug-likeness (QED) is 0.586. The zero-order valence-corrected chi connectivity index (χ0v) is 18.1. The van der Waals surface area contributed by atoms with Crippen LogP contribution in [0.25, 0.3) is 0 Å². The Kier molecular flexibility index (Phi) is 8.10. The summed E-state index contributed by atoms with van der Waals surface area (Å²) in [5.41, 5.74) is 0.828. The van der Waals surface area contributed by atoms with Crippen molar-refractivity contribution in [1.82, 2.24) is 5.32 Å². The number of amides is 2. The zero-order chi connectivity index (χ0) is 21.4. The van der Waals surface area contributed by atoms with E-state index in [4.69, 9.17) is 4.74 Å². The molecule has 156 valence electrons. The first-order valence-corrected chi connectivity index (χ1v) is 12.1. The van der Waals surface area contributed by atoms with E-state index in [1.807, 2.05) is 12.3 Å². The summed E-state index contributed by atoms with van der Waals surface area (Å²) < 4.78 is 28.4. The van der Waals surface area contributed by atoms with Gasteiger partial charge in [0.05, 0.1) is 18.4 Å². The number of anilines is 1. The Balaban J connectivity index is 2.21. The molecule has 0 saturated heterocycles. The van der Waals surface area contributed by atoms with Gasteiger partial charge in [0, 0.05) is 16.8 Å². The minimum atomic E-state index is -3.31. The fourth-order valence-corrected chi connectivity index (χ4v) is 3.72. The van der Waals surface area contributed by atoms with Gasteiger partial charge in [-0.05, 0) is 43.0 Å². The Morgan fingerprint density at radius 1 is 1.14 bits per heavy atom. The molecule has 2 rings (SSSR count). The monoisotopic (exact) mass is 436 g/mol. The van der Waals surface area contributed by atoms with Crippen LogP contribution in [-0.2, 0) is 14.6 Å². The van der Waals surface area contributed by atoms with Crippen LogP contribution < -0.4 is 15.4 Å². The first kappa shape index (κ1) is 22.8. The second-order valence-corrected chi connectivity index (χ2v) is 9.51. The summed E-state index contributed by atoms with van der Waals surface area (Å²) in [4.78, 5) is 26.5. The Morgan fingerprint density at radius 3 is 2.52 bits per heavy atom. The molecule has 2 aromatic carbocycles. The van der Waals surface area contributed by atoms with Crippen molar-refractivity contribution in [2.24, 2.45) is 0 Å². The van der Waals surface area contributed by atoms with Crippen molar-refractivity contribution in [1.29, 1.82) is 0 Å². The second-order valence-electron chi connectivity index (χ2n) is 6.37. The Labute approximate surface area is 175 Å². The van der Waals surface area contributed by atoms with Gasteiger partial charge in [-0.25, -0.2) is 8.42 Å². The van der Waals surface area contributed by atoms with Gasteiger partial charge in [0.2, 0.25) is 5.91 Å². The second kappa shape index (κ2) is 10.3. The summed E-state index contributed by atoms with van der Waals surface area (Å²) in [5, 5.41) is 5.37. The molecule has 0 bridgehead atoms. The average Bonchev–Trinajstić information content (AvgIpc) is 2.70. The van der Waals surface area contributed by atoms with Crippen LogP contribution in [0.5, 0.6) is 5.75 Å². The van der Waals surface area contributed by atoms with Gasteiger partial charge in [-0.1, -0.05) is 18.2 Å². The number of methoxy groups -OCH3 is 1. The van der Waals surface area contributed by atoms with Crippen LogP contribution in [0.15, 0.2) is 53.4 Å². The number of hydrogen-bond donors (Lipinski definition) is 2. The fourth-order valence-electron chi connectivity index (χ4n) is 2.60. The fraction of sp³-hybridized carbons (Fsp3) is 0.300. The van der Waals surface area contributed by atoms with E-state index < -0.39 is 27.7 Å². The number of ether oxygens (including phenoxy) is 1. The van der Waals surface area contributed by atoms with Gasteiger partial charge in [0.25, 0.3) is 5.91 Å². The molecule has 1 unspecified atom stereocenters. The van der Waals surface area contributed by atoms with Crippen LogP contribution in [-0.4, -0.2) is 51.6 Å². The predicted octanol–water partition coefficient (Wildman–Crippen LogP) is 2.59. The molecular formula is C20H24N2O5S2. The zero-order valence-electron chi connectivity index (χ0n) is 16.5. The maximum Gasteiger partial charge on any atom is 0.255 e. The van der Waals surface area contributed by atoms with Gasteiger partial charge in [-0.15, -0.1) is 11.8 Å². The normalized spacial score (nSPS) is 12.1. The highest BCUT2D eigenvalue weighted by Crippen LogP contribution is 2.20. The third-order valence-corrected chi connectivity index (χ3v) is 5.79. The minimum absolute atomic E-state index is 0.0478. The Hall–Kier alpha value is -2.52. The number of hydrogen-bond acceptors (Lipinski definition) is 6. The molecule has 9 heteroatoms. The van der Waals surface area contributed by atoms with Gasteiger partial charge in [0.15, 0.2) is 0 Å². The molecule has 0 fully saturated rings. The maximum absolute atomic E-state index is 12.8. The van der Waals surface area contributed by atoms with Gasteiger partial charge >= 0.3 is 0 Å². The SMILES string of the molecule is COc1ccccc1C(=O)NC(CCS(C)(=O)=O)C(=O)Nc1cccc(SC)c1. The van der Waals surface area contributed by atoms with E-state index in [2.05, 4.69) is 10.6 Å². The average molecular weight is 437 g/mol. The van der Waals surface area contributed by atoms with Gasteiger partial charge < -0.3 is 15.4 Å². The third-order valence-electron chi connectivity index (χ3n) is 4.09. The molecule has 2 aromatic rings. The van der Waals surface area contributed by atoms with Gasteiger partial charge in [-0.3, -0.25) is 9.59 Å². The lowest BCUT2D eigenvalue weighted by Gasteiger charge is -2.19. The van der Waals surface area contributed by atoms with E-state index in [-0.39, 0.29) is 17.7 Å². The molecule has 0 heterocycles. The van der Waals surface area contributed by atoms with Crippen LogP contribution in [0.4, 0.5) is 5.69 Å². The highest BCUT2D eigenvalue weighted by Gasteiger charge is 2.24. The molecule has 0 radical (unpaired) electrons. The summed E-state index contributed by atoms with van der Waals surface area (Å²) in [7, 11) is -1.87. The van der Waals surface area contributed by atoms with Crippen molar-refractivity contribution in [3.63, 3.8) is 0 Å². The van der Waals surface area contributed by atoms with Crippen molar-refractivity contribution in [3.05, 3.63) is 54.1 Å². The number of thioether (sulfide) groups is 1. The number of carbonyl (C=O) groups is 2. The molecule has 0 aliphatic rings. The number of nitrogens with one attached hydrogen (secondary N) is 2. The molecule has 0 aliphatic carbocycles. The van der Waals surface area contributed by atoms with Crippen LogP contribution in [0.3, 0.4) is 0 Å². The molecule has 29 heavy (non-hydrogen) atoms. The van der Waals surface area contributed by atoms with E-state index in [9.17, 15) is 18.0 Å². The minimum Gasteiger partial charge on any atom is -0.496 e. The van der Waals surface area contributed by atoms with E-state index in [0.717, 1.165) is 11.2 Å². The Morgan fingerprint density at radius 2 is 1.86 bits per heavy atom. The first-order chi connectivity index (χ1) is 13.7. The molecule has 0 saturated carbocycles. The highest BCUT2D eigenvalue weighted by atomic mass is 32.2. The maximum atomic E-state index is 12.8. The van der Waals surface area contributed by atoms with Crippen molar-refractivity contribution < 1.29 is 22.7 Å². The highest BCUT2D eigenvalue weighted by molar-refractivity contribution is 7.98. The number of rotatable bonds is 9. The predicted molar refractivity (Wildman–Crippen MR) is 115 cm³/mol. The molecule has 1 atom stereocenters. The van der Waals surface area contributed by atoms with Crippen LogP contribution >= 0.6 is 11.8 Å². The molecular weight excluding hydrogens is 412 g/mol. The molecule has 0 aromatic heterocycles. The number of benzene rings is 2. The number of sulfone groups is 1. The van der Waals surface area contributed by atoms with Crippen molar-refractivity contribution >= 4 is 39.1 Å². The first-order valence-electron chi connectivity index (χ1n) is 8.80. The summed E-state index contributed by atoms with van der Waals surface area (Å²) in [6.07, 6.45) is 2.96. The van der Waals surface area contributed by atoms with Crippen LogP contribution in [0, 0.1) is 0 Å². The standard InChI is InChI=1S/C20H24N2O5S2/c1-27-18-10-5-4-9-16(18)19(23)22-17(11-12-29(3,25)26)20(24)21-14-7-6-8-15(13-14)28-2/h4-10,13,17H,11-12H2,1-3H3,(H,21,24)(H,22,23).